The van der Waals surface area contributed by atoms with Gasteiger partial charge in [0.25, 0.3) is 5.69 Å². The molecule has 2 N–H and O–H groups in total. The number of nitro benzene ring substituents is 1. The number of nitro groups is 1. The van der Waals surface area contributed by atoms with Gasteiger partial charge >= 0.3 is 6.09 Å². The maximum atomic E-state index is 14.6. The predicted molar refractivity (Wildman–Crippen MR) is 245 cm³/mol. The van der Waals surface area contributed by atoms with Crippen molar-refractivity contribution in [2.45, 2.75) is 83.0 Å². The fourth-order valence-corrected chi connectivity index (χ4v) is 9.75. The maximum Gasteiger partial charge on any atom is 0.415 e. The van der Waals surface area contributed by atoms with Crippen molar-refractivity contribution < 1.29 is 43.7 Å². The van der Waals surface area contributed by atoms with Crippen molar-refractivity contribution in [3.8, 4) is 34.1 Å². The monoisotopic (exact) mass is 873 g/mol. The van der Waals surface area contributed by atoms with E-state index in [2.05, 4.69) is 30.9 Å². The molecular formula is C51H59N3O10. The van der Waals surface area contributed by atoms with Gasteiger partial charge in [-0.2, -0.15) is 0 Å². The molecule has 64 heavy (non-hydrogen) atoms. The zero-order valence-electron chi connectivity index (χ0n) is 36.7. The lowest BCUT2D eigenvalue weighted by Crippen LogP contribution is -2.70. The SMILES string of the molecule is C=CCO[C@@]12Oc3ccc(Oc4ccc(-c5ccccc5)cc4)cc3[C@H]3[C@H](CCCCO)[C@@H](CCCCO)C=C(C(=NOCC)C[C@@H]1N(CCC)C(=O)Oc1ccc([N+](=O)[O-])cc1)[C@H]32. The third-order valence-corrected chi connectivity index (χ3v) is 12.5. The van der Waals surface area contributed by atoms with E-state index in [1.165, 1.54) is 24.3 Å². The fourth-order valence-electron chi connectivity index (χ4n) is 9.75. The Balaban J connectivity index is 1.37. The van der Waals surface area contributed by atoms with Gasteiger partial charge in [-0.15, -0.1) is 6.58 Å². The Labute approximate surface area is 375 Å². The number of ether oxygens (including phenoxy) is 4. The van der Waals surface area contributed by atoms with E-state index in [9.17, 15) is 25.1 Å². The average molecular weight is 874 g/mol. The largest absolute Gasteiger partial charge is 0.459 e. The van der Waals surface area contributed by atoms with Crippen LogP contribution in [0.1, 0.15) is 76.7 Å². The fraction of sp³-hybridized carbons (Fsp3) is 0.412. The van der Waals surface area contributed by atoms with Crippen LogP contribution in [0.4, 0.5) is 10.5 Å². The number of unbranched alkanes of at least 4 members (excludes halogenated alkanes) is 2. The zero-order valence-corrected chi connectivity index (χ0v) is 36.7. The molecule has 13 nitrogen and oxygen atoms in total. The first kappa shape index (κ1) is 46.0. The molecule has 0 unspecified atom stereocenters. The summed E-state index contributed by atoms with van der Waals surface area (Å²) in [5, 5.41) is 36.0. The van der Waals surface area contributed by atoms with Crippen LogP contribution in [0.25, 0.3) is 11.1 Å². The topological polar surface area (TPSA) is 162 Å². The normalized spacial score (nSPS) is 22.6. The van der Waals surface area contributed by atoms with Crippen molar-refractivity contribution in [2.75, 3.05) is 33.0 Å². The number of oxime groups is 1. The van der Waals surface area contributed by atoms with E-state index in [4.69, 9.17) is 28.9 Å². The molecule has 338 valence electrons. The second-order valence-electron chi connectivity index (χ2n) is 16.5. The average Bonchev–Trinajstić information content (AvgIpc) is 3.31. The first-order valence-corrected chi connectivity index (χ1v) is 22.5. The molecule has 6 atom stereocenters. The summed E-state index contributed by atoms with van der Waals surface area (Å²) in [6, 6.07) is 28.7. The van der Waals surface area contributed by atoms with Gasteiger partial charge < -0.3 is 34.0 Å². The highest BCUT2D eigenvalue weighted by Crippen LogP contribution is 2.62. The van der Waals surface area contributed by atoms with E-state index in [0.29, 0.717) is 48.8 Å². The van der Waals surface area contributed by atoms with Crippen molar-refractivity contribution in [1.29, 1.82) is 0 Å². The highest BCUT2D eigenvalue weighted by Gasteiger charge is 2.65. The first-order chi connectivity index (χ1) is 31.2. The van der Waals surface area contributed by atoms with Crippen LogP contribution in [0, 0.1) is 27.9 Å². The summed E-state index contributed by atoms with van der Waals surface area (Å²) in [7, 11) is 0. The quantitative estimate of drug-likeness (QED) is 0.0357. The van der Waals surface area contributed by atoms with Crippen molar-refractivity contribution in [1.82, 2.24) is 4.90 Å². The molecule has 0 spiro atoms. The Morgan fingerprint density at radius 3 is 2.28 bits per heavy atom. The van der Waals surface area contributed by atoms with Crippen LogP contribution in [0.3, 0.4) is 0 Å². The molecule has 1 saturated carbocycles. The lowest BCUT2D eigenvalue weighted by atomic mass is 9.55. The van der Waals surface area contributed by atoms with Crippen molar-refractivity contribution in [3.05, 3.63) is 137 Å². The summed E-state index contributed by atoms with van der Waals surface area (Å²) in [6.45, 7) is 8.71. The summed E-state index contributed by atoms with van der Waals surface area (Å²) in [4.78, 5) is 33.0. The molecular weight excluding hydrogens is 815 g/mol. The summed E-state index contributed by atoms with van der Waals surface area (Å²) in [5.41, 5.74) is 4.58. The van der Waals surface area contributed by atoms with Crippen LogP contribution in [-0.2, 0) is 9.57 Å². The number of fused-ring (bicyclic) bond motifs is 2. The molecule has 0 saturated heterocycles. The number of nitrogens with zero attached hydrogens (tertiary/aromatic N) is 3. The zero-order chi connectivity index (χ0) is 45.1. The van der Waals surface area contributed by atoms with Gasteiger partial charge in [0.15, 0.2) is 0 Å². The van der Waals surface area contributed by atoms with Crippen LogP contribution < -0.4 is 14.2 Å². The summed E-state index contributed by atoms with van der Waals surface area (Å²) in [6.07, 6.45) is 8.54. The van der Waals surface area contributed by atoms with Crippen molar-refractivity contribution >= 4 is 17.5 Å². The number of non-ortho nitro benzene ring substituents is 1. The third kappa shape index (κ3) is 10.0. The maximum absolute atomic E-state index is 14.6. The van der Waals surface area contributed by atoms with Gasteiger partial charge in [-0.3, -0.25) is 15.0 Å². The summed E-state index contributed by atoms with van der Waals surface area (Å²) in [5.74, 6) is -0.114. The van der Waals surface area contributed by atoms with Crippen molar-refractivity contribution in [2.24, 2.45) is 22.9 Å². The van der Waals surface area contributed by atoms with Gasteiger partial charge in [0, 0.05) is 49.8 Å². The first-order valence-electron chi connectivity index (χ1n) is 22.5. The molecule has 4 aromatic rings. The molecule has 0 bridgehead atoms. The smallest absolute Gasteiger partial charge is 0.415 e. The van der Waals surface area contributed by atoms with E-state index in [0.717, 1.165) is 47.9 Å². The number of aliphatic hydroxyl groups excluding tert-OH is 2. The van der Waals surface area contributed by atoms with Gasteiger partial charge in [-0.25, -0.2) is 4.79 Å². The minimum Gasteiger partial charge on any atom is -0.459 e. The summed E-state index contributed by atoms with van der Waals surface area (Å²) < 4.78 is 26.9. The standard InChI is InChI=1S/C51H59N3O10/c1-4-28-53(50(57)63-40-24-20-38(21-25-40)54(58)59)47-34-45(52-61-6-3)43-32-37(16-10-12-29-55)42(17-11-13-30-56)48-44-33-41(26-27-46(44)64-51(47,49(43)48)60-31-5-2)62-39-22-18-36(19-23-39)35-14-8-7-9-15-35/h5,7-9,14-15,18-27,32-33,37,42,47-49,55-56H,2,4,6,10-13,16-17,28-31,34H2,1,3H3/t37-,42+,47-,48+,49+,51+/m0/s1. The van der Waals surface area contributed by atoms with Gasteiger partial charge in [0.2, 0.25) is 5.79 Å². The molecule has 1 aliphatic heterocycles. The lowest BCUT2D eigenvalue weighted by molar-refractivity contribution is -0.384. The minimum atomic E-state index is -1.48. The predicted octanol–water partition coefficient (Wildman–Crippen LogP) is 10.6. The molecule has 13 heteroatoms. The van der Waals surface area contributed by atoms with E-state index >= 15 is 0 Å². The van der Waals surface area contributed by atoms with Crippen LogP contribution in [0.2, 0.25) is 0 Å². The molecule has 0 radical (unpaired) electrons. The molecule has 1 heterocycles. The molecule has 1 amide bonds. The van der Waals surface area contributed by atoms with Crippen LogP contribution >= 0.6 is 0 Å². The Morgan fingerprint density at radius 1 is 0.922 bits per heavy atom. The number of benzene rings is 4. The Hall–Kier alpha value is -6.02. The van der Waals surface area contributed by atoms with E-state index in [1.54, 1.807) is 11.0 Å². The van der Waals surface area contributed by atoms with E-state index in [-0.39, 0.29) is 62.0 Å². The van der Waals surface area contributed by atoms with Crippen LogP contribution in [0.15, 0.2) is 127 Å². The second kappa shape index (κ2) is 21.6. The van der Waals surface area contributed by atoms with Crippen LogP contribution in [0.5, 0.6) is 23.0 Å². The van der Waals surface area contributed by atoms with Crippen molar-refractivity contribution in [3.63, 3.8) is 0 Å². The Kier molecular flexibility index (Phi) is 15.5. The number of carbonyl (C=O) groups excluding carboxylic acids is 1. The van der Waals surface area contributed by atoms with E-state index in [1.807, 2.05) is 68.4 Å². The van der Waals surface area contributed by atoms with Gasteiger partial charge in [0.1, 0.15) is 35.6 Å². The number of hydrogen-bond donors (Lipinski definition) is 2. The molecule has 7 rings (SSSR count). The molecule has 3 aliphatic rings. The molecule has 2 aliphatic carbocycles. The summed E-state index contributed by atoms with van der Waals surface area (Å²) >= 11 is 0. The van der Waals surface area contributed by atoms with Gasteiger partial charge in [-0.1, -0.05) is 79.5 Å². The third-order valence-electron chi connectivity index (χ3n) is 12.5. The number of carbonyl (C=O) groups is 1. The number of amides is 1. The molecule has 1 fully saturated rings. The minimum absolute atomic E-state index is 0.0209. The second-order valence-corrected chi connectivity index (χ2v) is 16.5. The van der Waals surface area contributed by atoms with E-state index < -0.39 is 28.8 Å². The Morgan fingerprint density at radius 2 is 1.61 bits per heavy atom. The lowest BCUT2D eigenvalue weighted by Gasteiger charge is -2.59. The molecule has 0 aromatic heterocycles. The Bertz CT molecular complexity index is 2260. The number of hydrogen-bond acceptors (Lipinski definition) is 11. The number of aliphatic hydroxyl groups is 2. The highest BCUT2D eigenvalue weighted by atomic mass is 16.7. The van der Waals surface area contributed by atoms with Gasteiger partial charge in [-0.05, 0) is 110 Å². The molecule has 4 aromatic carbocycles. The van der Waals surface area contributed by atoms with Gasteiger partial charge in [0.05, 0.1) is 23.2 Å². The number of allylic oxidation sites excluding steroid dienone is 1. The number of rotatable bonds is 21. The van der Waals surface area contributed by atoms with Crippen LogP contribution in [-0.4, -0.2) is 76.6 Å². The highest BCUT2D eigenvalue weighted by molar-refractivity contribution is 6.03.